The number of hydrogen-bond acceptors (Lipinski definition) is 4. The predicted molar refractivity (Wildman–Crippen MR) is 80.6 cm³/mol. The van der Waals surface area contributed by atoms with Gasteiger partial charge in [-0.1, -0.05) is 41.9 Å². The zero-order valence-corrected chi connectivity index (χ0v) is 12.0. The van der Waals surface area contributed by atoms with Crippen LogP contribution >= 0.6 is 11.6 Å². The summed E-state index contributed by atoms with van der Waals surface area (Å²) in [6.45, 7) is 3.42. The third kappa shape index (κ3) is 3.46. The molecule has 2 rings (SSSR count). The first kappa shape index (κ1) is 14.3. The number of nitriles is 1. The van der Waals surface area contributed by atoms with Gasteiger partial charge in [-0.15, -0.1) is 0 Å². The molecule has 0 unspecified atom stereocenters. The van der Waals surface area contributed by atoms with Gasteiger partial charge in [-0.3, -0.25) is 0 Å². The molecule has 0 bridgehead atoms. The van der Waals surface area contributed by atoms with Crippen LogP contribution in [0.15, 0.2) is 36.4 Å². The minimum Gasteiger partial charge on any atom is -0.356 e. The Kier molecular flexibility index (Phi) is 4.91. The Morgan fingerprint density at radius 2 is 2.00 bits per heavy atom. The number of halogens is 1. The SMILES string of the molecule is CCN(CCC#N)c1cc(Cl)nc(-c2ccccc2)n1. The molecule has 0 atom stereocenters. The van der Waals surface area contributed by atoms with Crippen molar-refractivity contribution in [2.75, 3.05) is 18.0 Å². The summed E-state index contributed by atoms with van der Waals surface area (Å²) >= 11 is 6.09. The molecule has 0 saturated heterocycles. The molecule has 0 N–H and O–H groups in total. The van der Waals surface area contributed by atoms with E-state index in [-0.39, 0.29) is 0 Å². The van der Waals surface area contributed by atoms with Gasteiger partial charge >= 0.3 is 0 Å². The summed E-state index contributed by atoms with van der Waals surface area (Å²) in [7, 11) is 0. The average molecular weight is 287 g/mol. The first-order valence-corrected chi connectivity index (χ1v) is 6.84. The molecule has 0 aliphatic rings. The highest BCUT2D eigenvalue weighted by molar-refractivity contribution is 6.29. The molecule has 1 aromatic heterocycles. The van der Waals surface area contributed by atoms with Crippen molar-refractivity contribution in [1.29, 1.82) is 5.26 Å². The first-order chi connectivity index (χ1) is 9.74. The number of anilines is 1. The molecule has 0 saturated carbocycles. The Morgan fingerprint density at radius 1 is 1.25 bits per heavy atom. The fraction of sp³-hybridized carbons (Fsp3) is 0.267. The van der Waals surface area contributed by atoms with Gasteiger partial charge in [0.1, 0.15) is 11.0 Å². The lowest BCUT2D eigenvalue weighted by Crippen LogP contribution is -2.25. The zero-order valence-electron chi connectivity index (χ0n) is 11.3. The highest BCUT2D eigenvalue weighted by atomic mass is 35.5. The molecular weight excluding hydrogens is 272 g/mol. The van der Waals surface area contributed by atoms with E-state index < -0.39 is 0 Å². The van der Waals surface area contributed by atoms with Gasteiger partial charge in [-0.2, -0.15) is 5.26 Å². The van der Waals surface area contributed by atoms with E-state index in [1.807, 2.05) is 42.2 Å². The van der Waals surface area contributed by atoms with Crippen LogP contribution in [0.25, 0.3) is 11.4 Å². The molecule has 5 heteroatoms. The molecule has 102 valence electrons. The van der Waals surface area contributed by atoms with Crippen molar-refractivity contribution in [3.8, 4) is 17.5 Å². The first-order valence-electron chi connectivity index (χ1n) is 6.46. The summed E-state index contributed by atoms with van der Waals surface area (Å²) in [4.78, 5) is 10.8. The second-order valence-electron chi connectivity index (χ2n) is 4.23. The highest BCUT2D eigenvalue weighted by Gasteiger charge is 2.10. The van der Waals surface area contributed by atoms with Crippen molar-refractivity contribution in [2.45, 2.75) is 13.3 Å². The number of benzene rings is 1. The van der Waals surface area contributed by atoms with Crippen LogP contribution in [0.2, 0.25) is 5.15 Å². The van der Waals surface area contributed by atoms with E-state index in [9.17, 15) is 0 Å². The van der Waals surface area contributed by atoms with Crippen LogP contribution in [-0.4, -0.2) is 23.1 Å². The van der Waals surface area contributed by atoms with E-state index in [0.29, 0.717) is 23.9 Å². The minimum atomic E-state index is 0.407. The number of hydrogen-bond donors (Lipinski definition) is 0. The Morgan fingerprint density at radius 3 is 2.65 bits per heavy atom. The maximum absolute atomic E-state index is 8.71. The van der Waals surface area contributed by atoms with Crippen LogP contribution in [0.3, 0.4) is 0 Å². The second-order valence-corrected chi connectivity index (χ2v) is 4.61. The molecule has 1 heterocycles. The van der Waals surface area contributed by atoms with E-state index >= 15 is 0 Å². The Labute approximate surface area is 123 Å². The van der Waals surface area contributed by atoms with Gasteiger partial charge in [0.25, 0.3) is 0 Å². The molecule has 0 fully saturated rings. The molecule has 1 aromatic carbocycles. The largest absolute Gasteiger partial charge is 0.356 e. The van der Waals surface area contributed by atoms with Gasteiger partial charge in [-0.25, -0.2) is 9.97 Å². The quantitative estimate of drug-likeness (QED) is 0.789. The number of aromatic nitrogens is 2. The van der Waals surface area contributed by atoms with E-state index in [0.717, 1.165) is 17.9 Å². The number of nitrogens with zero attached hydrogens (tertiary/aromatic N) is 4. The van der Waals surface area contributed by atoms with Crippen LogP contribution < -0.4 is 4.90 Å². The summed E-state index contributed by atoms with van der Waals surface area (Å²) in [5, 5.41) is 9.12. The Bertz CT molecular complexity index is 607. The molecule has 0 aliphatic carbocycles. The van der Waals surface area contributed by atoms with Crippen molar-refractivity contribution in [3.63, 3.8) is 0 Å². The van der Waals surface area contributed by atoms with Gasteiger partial charge in [0.05, 0.1) is 12.5 Å². The lowest BCUT2D eigenvalue weighted by atomic mass is 10.2. The van der Waals surface area contributed by atoms with Crippen molar-refractivity contribution < 1.29 is 0 Å². The lowest BCUT2D eigenvalue weighted by Gasteiger charge is -2.21. The van der Waals surface area contributed by atoms with Gasteiger partial charge in [0, 0.05) is 24.7 Å². The fourth-order valence-electron chi connectivity index (χ4n) is 1.90. The summed E-state index contributed by atoms with van der Waals surface area (Å²) in [6, 6.07) is 13.6. The summed E-state index contributed by atoms with van der Waals surface area (Å²) in [6.07, 6.45) is 0.454. The lowest BCUT2D eigenvalue weighted by molar-refractivity contribution is 0.808. The van der Waals surface area contributed by atoms with Gasteiger partial charge in [0.15, 0.2) is 5.82 Å². The summed E-state index contributed by atoms with van der Waals surface area (Å²) in [5.74, 6) is 1.35. The van der Waals surface area contributed by atoms with Crippen molar-refractivity contribution in [1.82, 2.24) is 9.97 Å². The standard InChI is InChI=1S/C15H15ClN4/c1-2-20(10-6-9-17)14-11-13(16)18-15(19-14)12-7-4-3-5-8-12/h3-5,7-8,11H,2,6,10H2,1H3. The third-order valence-corrected chi connectivity index (χ3v) is 3.11. The summed E-state index contributed by atoms with van der Waals surface area (Å²) < 4.78 is 0. The Hall–Kier alpha value is -2.12. The van der Waals surface area contributed by atoms with Crippen molar-refractivity contribution >= 4 is 17.4 Å². The normalized spacial score (nSPS) is 10.1. The molecule has 0 aliphatic heterocycles. The monoisotopic (exact) mass is 286 g/mol. The molecule has 0 spiro atoms. The van der Waals surface area contributed by atoms with Crippen molar-refractivity contribution in [3.05, 3.63) is 41.6 Å². The van der Waals surface area contributed by atoms with Crippen LogP contribution in [0.4, 0.5) is 5.82 Å². The topological polar surface area (TPSA) is 52.8 Å². The van der Waals surface area contributed by atoms with E-state index in [2.05, 4.69) is 16.0 Å². The van der Waals surface area contributed by atoms with Crippen LogP contribution in [0.1, 0.15) is 13.3 Å². The predicted octanol–water partition coefficient (Wildman–Crippen LogP) is 3.54. The summed E-state index contributed by atoms with van der Waals surface area (Å²) in [5.41, 5.74) is 0.924. The molecule has 0 amide bonds. The van der Waals surface area contributed by atoms with Crippen molar-refractivity contribution in [2.24, 2.45) is 0 Å². The third-order valence-electron chi connectivity index (χ3n) is 2.91. The Balaban J connectivity index is 2.36. The molecule has 4 nitrogen and oxygen atoms in total. The molecule has 20 heavy (non-hydrogen) atoms. The van der Waals surface area contributed by atoms with Crippen LogP contribution in [-0.2, 0) is 0 Å². The fourth-order valence-corrected chi connectivity index (χ4v) is 2.08. The minimum absolute atomic E-state index is 0.407. The maximum Gasteiger partial charge on any atom is 0.163 e. The van der Waals surface area contributed by atoms with E-state index in [1.165, 1.54) is 0 Å². The van der Waals surface area contributed by atoms with Gasteiger partial charge in [0.2, 0.25) is 0 Å². The average Bonchev–Trinajstić information content (AvgIpc) is 2.48. The van der Waals surface area contributed by atoms with Gasteiger partial charge < -0.3 is 4.90 Å². The van der Waals surface area contributed by atoms with Gasteiger partial charge in [-0.05, 0) is 6.92 Å². The molecule has 0 radical (unpaired) electrons. The second kappa shape index (κ2) is 6.88. The van der Waals surface area contributed by atoms with Crippen LogP contribution in [0.5, 0.6) is 0 Å². The highest BCUT2D eigenvalue weighted by Crippen LogP contribution is 2.22. The van der Waals surface area contributed by atoms with E-state index in [4.69, 9.17) is 16.9 Å². The smallest absolute Gasteiger partial charge is 0.163 e. The van der Waals surface area contributed by atoms with E-state index in [1.54, 1.807) is 6.07 Å². The number of rotatable bonds is 5. The van der Waals surface area contributed by atoms with Crippen LogP contribution in [0, 0.1) is 11.3 Å². The maximum atomic E-state index is 8.71. The zero-order chi connectivity index (χ0) is 14.4. The molecular formula is C15H15ClN4. The molecule has 2 aromatic rings.